The fourth-order valence-corrected chi connectivity index (χ4v) is 0.762. The minimum absolute atomic E-state index is 1.85. The Labute approximate surface area is 91.7 Å². The van der Waals surface area contributed by atoms with Crippen LogP contribution in [0.4, 0.5) is 26.7 Å². The molecule has 1 N–H and O–H groups in total. The molecule has 0 bridgehead atoms. The number of benzene rings is 1. The number of hydrogen-bond acceptors (Lipinski definition) is 2. The Kier molecular flexibility index (Phi) is 5.10. The van der Waals surface area contributed by atoms with Crippen LogP contribution in [0.2, 0.25) is 0 Å². The number of carboxylic acid groups (broad SMARTS) is 1. The molecule has 8 heteroatoms. The van der Waals surface area contributed by atoms with E-state index in [4.69, 9.17) is 5.11 Å². The number of carbonyl (C=O) groups is 1. The maximum absolute atomic E-state index is 12.7. The van der Waals surface area contributed by atoms with Crippen LogP contribution in [0.1, 0.15) is 0 Å². The molecular weight excluding hydrogens is 251 g/mol. The molecule has 0 heterocycles. The van der Waals surface area contributed by atoms with Gasteiger partial charge in [0.05, 0.1) is 0 Å². The van der Waals surface area contributed by atoms with Crippen molar-refractivity contribution in [1.82, 2.24) is 0 Å². The summed E-state index contributed by atoms with van der Waals surface area (Å²) < 4.78 is 66.0. The Bertz CT molecular complexity index is 418. The van der Waals surface area contributed by atoms with Crippen LogP contribution in [0.15, 0.2) is 13.2 Å². The highest BCUT2D eigenvalue weighted by atomic mass is 19.2. The summed E-state index contributed by atoms with van der Waals surface area (Å²) in [5.74, 6) is -13.5. The van der Waals surface area contributed by atoms with Gasteiger partial charge in [-0.1, -0.05) is 0 Å². The maximum atomic E-state index is 12.7. The zero-order chi connectivity index (χ0) is 13.7. The lowest BCUT2D eigenvalue weighted by molar-refractivity contribution is 0.138. The molecule has 1 rings (SSSR count). The second-order valence-corrected chi connectivity index (χ2v) is 2.27. The Balaban J connectivity index is 0.00000121. The van der Waals surface area contributed by atoms with Gasteiger partial charge in [0.25, 0.3) is 0 Å². The van der Waals surface area contributed by atoms with Gasteiger partial charge in [0, 0.05) is 0 Å². The highest BCUT2D eigenvalue weighted by Crippen LogP contribution is 2.28. The normalized spacial score (nSPS) is 9.24. The number of rotatable bonds is 1. The number of ether oxygens (including phenoxy) is 1. The van der Waals surface area contributed by atoms with Crippen LogP contribution in [-0.2, 0) is 0 Å². The standard InChI is InChI=1S/C7HF5O3.C2H4/c8-1-2(9)4(11)6(15-7(13)14)5(12)3(1)10;1-2/h(H,13,14);1-2H2. The summed E-state index contributed by atoms with van der Waals surface area (Å²) in [5.41, 5.74) is 0. The Hall–Kier alpha value is -2.12. The highest BCUT2D eigenvalue weighted by molar-refractivity contribution is 5.61. The smallest absolute Gasteiger partial charge is 0.449 e. The van der Waals surface area contributed by atoms with E-state index in [-0.39, 0.29) is 0 Å². The van der Waals surface area contributed by atoms with Gasteiger partial charge in [-0.15, -0.1) is 13.2 Å². The number of halogens is 5. The molecule has 0 aromatic heterocycles. The third kappa shape index (κ3) is 2.92. The molecule has 0 atom stereocenters. The summed E-state index contributed by atoms with van der Waals surface area (Å²) in [5, 5.41) is 7.97. The molecule has 3 nitrogen and oxygen atoms in total. The van der Waals surface area contributed by atoms with E-state index < -0.39 is 41.0 Å². The van der Waals surface area contributed by atoms with Crippen molar-refractivity contribution in [1.29, 1.82) is 0 Å². The summed E-state index contributed by atoms with van der Waals surface area (Å²) in [6, 6.07) is 0. The molecule has 0 radical (unpaired) electrons. The van der Waals surface area contributed by atoms with E-state index in [2.05, 4.69) is 17.9 Å². The van der Waals surface area contributed by atoms with E-state index in [9.17, 15) is 26.7 Å². The first-order chi connectivity index (χ1) is 7.86. The molecule has 0 aliphatic rings. The molecule has 0 amide bonds. The first kappa shape index (κ1) is 14.9. The second-order valence-electron chi connectivity index (χ2n) is 2.27. The molecule has 0 saturated carbocycles. The summed E-state index contributed by atoms with van der Waals surface area (Å²) in [4.78, 5) is 9.89. The molecule has 0 spiro atoms. The van der Waals surface area contributed by atoms with E-state index >= 15 is 0 Å². The molecule has 0 unspecified atom stereocenters. The molecule has 1 aromatic carbocycles. The van der Waals surface area contributed by atoms with Gasteiger partial charge in [-0.3, -0.25) is 0 Å². The van der Waals surface area contributed by atoms with Crippen molar-refractivity contribution in [2.24, 2.45) is 0 Å². The van der Waals surface area contributed by atoms with Crippen molar-refractivity contribution >= 4 is 6.16 Å². The van der Waals surface area contributed by atoms with Crippen LogP contribution in [0.5, 0.6) is 5.75 Å². The molecule has 94 valence electrons. The minimum atomic E-state index is -2.39. The molecule has 0 aliphatic heterocycles. The van der Waals surface area contributed by atoms with E-state index in [1.165, 1.54) is 0 Å². The Morgan fingerprint density at radius 1 is 0.882 bits per heavy atom. The lowest BCUT2D eigenvalue weighted by Gasteiger charge is -2.05. The van der Waals surface area contributed by atoms with Crippen molar-refractivity contribution in [2.75, 3.05) is 0 Å². The van der Waals surface area contributed by atoms with E-state index in [1.54, 1.807) is 0 Å². The van der Waals surface area contributed by atoms with Gasteiger partial charge in [-0.05, 0) is 0 Å². The molecule has 0 saturated heterocycles. The first-order valence-corrected chi connectivity index (χ1v) is 3.78. The van der Waals surface area contributed by atoms with Gasteiger partial charge in [0.2, 0.25) is 34.8 Å². The van der Waals surface area contributed by atoms with E-state index in [1.807, 2.05) is 0 Å². The number of hydrogen-bond donors (Lipinski definition) is 1. The third-order valence-electron chi connectivity index (χ3n) is 1.36. The SMILES string of the molecule is C=C.O=C(O)Oc1c(F)c(F)c(F)c(F)c1F. The van der Waals surface area contributed by atoms with Crippen LogP contribution >= 0.6 is 0 Å². The van der Waals surface area contributed by atoms with Gasteiger partial charge >= 0.3 is 6.16 Å². The van der Waals surface area contributed by atoms with Gasteiger partial charge in [0.15, 0.2) is 0 Å². The van der Waals surface area contributed by atoms with Crippen LogP contribution in [0.25, 0.3) is 0 Å². The second kappa shape index (κ2) is 5.83. The summed E-state index contributed by atoms with van der Waals surface area (Å²) in [6.45, 7) is 6.00. The van der Waals surface area contributed by atoms with Gasteiger partial charge in [-0.25, -0.2) is 18.0 Å². The van der Waals surface area contributed by atoms with Crippen molar-refractivity contribution in [3.8, 4) is 5.75 Å². The molecule has 0 fully saturated rings. The molecular formula is C9H5F5O3. The minimum Gasteiger partial charge on any atom is -0.449 e. The monoisotopic (exact) mass is 256 g/mol. The predicted octanol–water partition coefficient (Wildman–Crippen LogP) is 3.24. The van der Waals surface area contributed by atoms with Gasteiger partial charge < -0.3 is 9.84 Å². The van der Waals surface area contributed by atoms with Gasteiger partial charge in [0.1, 0.15) is 0 Å². The average Bonchev–Trinajstić information content (AvgIpc) is 2.32. The molecule has 1 aromatic rings. The van der Waals surface area contributed by atoms with Crippen LogP contribution in [0.3, 0.4) is 0 Å². The zero-order valence-electron chi connectivity index (χ0n) is 8.07. The predicted molar refractivity (Wildman–Crippen MR) is 46.1 cm³/mol. The van der Waals surface area contributed by atoms with E-state index in [0.717, 1.165) is 0 Å². The summed E-state index contributed by atoms with van der Waals surface area (Å²) in [6.07, 6.45) is -2.20. The average molecular weight is 256 g/mol. The van der Waals surface area contributed by atoms with Crippen LogP contribution in [0, 0.1) is 29.1 Å². The lowest BCUT2D eigenvalue weighted by Crippen LogP contribution is -2.10. The topological polar surface area (TPSA) is 46.5 Å². The maximum Gasteiger partial charge on any atom is 0.511 e. The molecule has 17 heavy (non-hydrogen) atoms. The summed E-state index contributed by atoms with van der Waals surface area (Å²) in [7, 11) is 0. The lowest BCUT2D eigenvalue weighted by atomic mass is 10.3. The van der Waals surface area contributed by atoms with Crippen molar-refractivity contribution in [3.63, 3.8) is 0 Å². The van der Waals surface area contributed by atoms with Crippen LogP contribution < -0.4 is 4.74 Å². The van der Waals surface area contributed by atoms with Crippen molar-refractivity contribution in [2.45, 2.75) is 0 Å². The van der Waals surface area contributed by atoms with Crippen molar-refractivity contribution < 1.29 is 36.6 Å². The Morgan fingerprint density at radius 2 is 1.18 bits per heavy atom. The highest BCUT2D eigenvalue weighted by Gasteiger charge is 2.28. The summed E-state index contributed by atoms with van der Waals surface area (Å²) >= 11 is 0. The molecule has 0 aliphatic carbocycles. The zero-order valence-corrected chi connectivity index (χ0v) is 8.07. The fourth-order valence-electron chi connectivity index (χ4n) is 0.762. The van der Waals surface area contributed by atoms with Crippen molar-refractivity contribution in [3.05, 3.63) is 42.2 Å². The largest absolute Gasteiger partial charge is 0.511 e. The quantitative estimate of drug-likeness (QED) is 0.209. The first-order valence-electron chi connectivity index (χ1n) is 3.78. The Morgan fingerprint density at radius 3 is 1.47 bits per heavy atom. The van der Waals surface area contributed by atoms with Crippen LogP contribution in [-0.4, -0.2) is 11.3 Å². The van der Waals surface area contributed by atoms with Gasteiger partial charge in [-0.2, -0.15) is 8.78 Å². The fraction of sp³-hybridized carbons (Fsp3) is 0. The third-order valence-corrected chi connectivity index (χ3v) is 1.36. The van der Waals surface area contributed by atoms with E-state index in [0.29, 0.717) is 0 Å².